The molecule has 0 radical (unpaired) electrons. The van der Waals surface area contributed by atoms with Crippen LogP contribution >= 0.6 is 11.3 Å². The molecule has 3 aromatic rings. The van der Waals surface area contributed by atoms with Gasteiger partial charge in [-0.1, -0.05) is 18.2 Å². The van der Waals surface area contributed by atoms with Crippen LogP contribution < -0.4 is 10.6 Å². The quantitative estimate of drug-likeness (QED) is 0.551. The minimum Gasteiger partial charge on any atom is -0.380 e. The molecule has 2 aromatic carbocycles. The van der Waals surface area contributed by atoms with Gasteiger partial charge in [0, 0.05) is 35.8 Å². The predicted molar refractivity (Wildman–Crippen MR) is 108 cm³/mol. The maximum absolute atomic E-state index is 14.2. The summed E-state index contributed by atoms with van der Waals surface area (Å²) in [5.41, 5.74) is 1.08. The fourth-order valence-electron chi connectivity index (χ4n) is 2.99. The zero-order chi connectivity index (χ0) is 20.8. The first-order valence-corrected chi connectivity index (χ1v) is 9.79. The van der Waals surface area contributed by atoms with Gasteiger partial charge >= 0.3 is 0 Å². The fourth-order valence-corrected chi connectivity index (χ4v) is 4.12. The smallest absolute Gasteiger partial charge is 0.261 e. The molecule has 0 aliphatic carbocycles. The summed E-state index contributed by atoms with van der Waals surface area (Å²) in [5, 5.41) is 5.80. The average molecular weight is 418 g/mol. The van der Waals surface area contributed by atoms with Crippen molar-refractivity contribution in [3.05, 3.63) is 70.1 Å². The van der Waals surface area contributed by atoms with E-state index in [2.05, 4.69) is 10.6 Å². The predicted octanol–water partition coefficient (Wildman–Crippen LogP) is 3.41. The summed E-state index contributed by atoms with van der Waals surface area (Å²) in [5.74, 6) is -1.41. The van der Waals surface area contributed by atoms with Crippen LogP contribution in [-0.4, -0.2) is 32.0 Å². The van der Waals surface area contributed by atoms with E-state index in [1.165, 1.54) is 36.6 Å². The number of methoxy groups -OCH3 is 1. The van der Waals surface area contributed by atoms with Crippen molar-refractivity contribution in [2.45, 2.75) is 13.0 Å². The normalized spacial score (nSPS) is 10.9. The van der Waals surface area contributed by atoms with Crippen LogP contribution in [0.15, 0.2) is 42.5 Å². The van der Waals surface area contributed by atoms with Gasteiger partial charge < -0.3 is 15.4 Å². The molecule has 2 amide bonds. The summed E-state index contributed by atoms with van der Waals surface area (Å²) in [7, 11) is 1.49. The first kappa shape index (κ1) is 20.9. The molecule has 0 aliphatic heterocycles. The van der Waals surface area contributed by atoms with E-state index in [9.17, 15) is 18.4 Å². The molecule has 152 valence electrons. The highest BCUT2D eigenvalue weighted by molar-refractivity contribution is 7.21. The van der Waals surface area contributed by atoms with E-state index in [0.29, 0.717) is 26.1 Å². The van der Waals surface area contributed by atoms with Gasteiger partial charge in [0.2, 0.25) is 5.91 Å². The van der Waals surface area contributed by atoms with Crippen LogP contribution in [0.1, 0.15) is 20.8 Å². The van der Waals surface area contributed by atoms with Crippen LogP contribution in [0.3, 0.4) is 0 Å². The third-order valence-electron chi connectivity index (χ3n) is 4.24. The Morgan fingerprint density at radius 3 is 2.59 bits per heavy atom. The standard InChI is InChI=1S/C21H20F2N2O3S/c1-28-12-15-19-16(23)6-3-7-17(19)29-20(15)21(27)25-9-8-24-18(26)11-13-4-2-5-14(22)10-13/h2-7,10H,8-9,11-12H2,1H3,(H,24,26)(H,25,27). The Balaban J connectivity index is 1.56. The lowest BCUT2D eigenvalue weighted by molar-refractivity contribution is -0.120. The number of carbonyl (C=O) groups excluding carboxylic acids is 2. The van der Waals surface area contributed by atoms with Gasteiger partial charge in [0.25, 0.3) is 5.91 Å². The summed E-state index contributed by atoms with van der Waals surface area (Å²) in [6, 6.07) is 10.5. The van der Waals surface area contributed by atoms with E-state index in [1.54, 1.807) is 24.3 Å². The molecular formula is C21H20F2N2O3S. The lowest BCUT2D eigenvalue weighted by Crippen LogP contribution is -2.35. The number of benzene rings is 2. The Kier molecular flexibility index (Phi) is 6.90. The molecule has 0 bridgehead atoms. The molecule has 29 heavy (non-hydrogen) atoms. The van der Waals surface area contributed by atoms with Crippen molar-refractivity contribution in [2.24, 2.45) is 0 Å². The molecule has 1 heterocycles. The molecular weight excluding hydrogens is 398 g/mol. The van der Waals surface area contributed by atoms with Gasteiger partial charge in [-0.2, -0.15) is 0 Å². The number of amides is 2. The number of nitrogens with one attached hydrogen (secondary N) is 2. The van der Waals surface area contributed by atoms with Crippen molar-refractivity contribution in [1.29, 1.82) is 0 Å². The monoisotopic (exact) mass is 418 g/mol. The molecule has 1 aromatic heterocycles. The molecule has 0 saturated heterocycles. The molecule has 0 aliphatic rings. The van der Waals surface area contributed by atoms with Gasteiger partial charge in [0.1, 0.15) is 11.6 Å². The molecule has 0 spiro atoms. The number of carbonyl (C=O) groups is 2. The van der Waals surface area contributed by atoms with Crippen molar-refractivity contribution in [1.82, 2.24) is 10.6 Å². The SMILES string of the molecule is COCc1c(C(=O)NCCNC(=O)Cc2cccc(F)c2)sc2cccc(F)c12. The second-order valence-corrected chi connectivity index (χ2v) is 7.42. The topological polar surface area (TPSA) is 67.4 Å². The van der Waals surface area contributed by atoms with Crippen LogP contribution in [0.25, 0.3) is 10.1 Å². The number of rotatable bonds is 8. The highest BCUT2D eigenvalue weighted by Crippen LogP contribution is 2.33. The number of thiophene rings is 1. The molecule has 0 unspecified atom stereocenters. The molecule has 2 N–H and O–H groups in total. The van der Waals surface area contributed by atoms with E-state index < -0.39 is 11.6 Å². The highest BCUT2D eigenvalue weighted by Gasteiger charge is 2.20. The Hall–Kier alpha value is -2.84. The molecule has 0 saturated carbocycles. The summed E-state index contributed by atoms with van der Waals surface area (Å²) in [6.45, 7) is 0.545. The van der Waals surface area contributed by atoms with Crippen LogP contribution in [0, 0.1) is 11.6 Å². The first-order valence-electron chi connectivity index (χ1n) is 8.97. The minimum absolute atomic E-state index is 0.0548. The Morgan fingerprint density at radius 1 is 1.07 bits per heavy atom. The third-order valence-corrected chi connectivity index (χ3v) is 5.44. The van der Waals surface area contributed by atoms with Crippen molar-refractivity contribution < 1.29 is 23.1 Å². The number of hydrogen-bond donors (Lipinski definition) is 2. The highest BCUT2D eigenvalue weighted by atomic mass is 32.1. The maximum Gasteiger partial charge on any atom is 0.261 e. The molecule has 8 heteroatoms. The van der Waals surface area contributed by atoms with Crippen LogP contribution in [-0.2, 0) is 22.6 Å². The minimum atomic E-state index is -0.394. The van der Waals surface area contributed by atoms with E-state index >= 15 is 0 Å². The van der Waals surface area contributed by atoms with Crippen molar-refractivity contribution in [3.63, 3.8) is 0 Å². The zero-order valence-corrected chi connectivity index (χ0v) is 16.6. The molecule has 3 rings (SSSR count). The van der Waals surface area contributed by atoms with Gasteiger partial charge in [-0.3, -0.25) is 9.59 Å². The van der Waals surface area contributed by atoms with E-state index in [0.717, 1.165) is 0 Å². The van der Waals surface area contributed by atoms with Crippen molar-refractivity contribution >= 4 is 33.2 Å². The number of fused-ring (bicyclic) bond motifs is 1. The van der Waals surface area contributed by atoms with Gasteiger partial charge in [0.05, 0.1) is 17.9 Å². The van der Waals surface area contributed by atoms with Gasteiger partial charge in [0.15, 0.2) is 0 Å². The van der Waals surface area contributed by atoms with Gasteiger partial charge in [-0.05, 0) is 29.8 Å². The van der Waals surface area contributed by atoms with Crippen LogP contribution in [0.5, 0.6) is 0 Å². The fraction of sp³-hybridized carbons (Fsp3) is 0.238. The summed E-state index contributed by atoms with van der Waals surface area (Å²) >= 11 is 1.20. The van der Waals surface area contributed by atoms with Gasteiger partial charge in [-0.25, -0.2) is 8.78 Å². The maximum atomic E-state index is 14.2. The molecule has 0 atom stereocenters. The Morgan fingerprint density at radius 2 is 1.83 bits per heavy atom. The van der Waals surface area contributed by atoms with E-state index in [1.807, 2.05) is 0 Å². The average Bonchev–Trinajstić information content (AvgIpc) is 3.05. The summed E-state index contributed by atoms with van der Waals surface area (Å²) in [6.07, 6.45) is 0.0548. The largest absolute Gasteiger partial charge is 0.380 e. The van der Waals surface area contributed by atoms with E-state index in [-0.39, 0.29) is 37.9 Å². The Labute approximate surface area is 170 Å². The second-order valence-electron chi connectivity index (χ2n) is 6.37. The lowest BCUT2D eigenvalue weighted by Gasteiger charge is -2.08. The molecule has 5 nitrogen and oxygen atoms in total. The second kappa shape index (κ2) is 9.58. The van der Waals surface area contributed by atoms with Crippen LogP contribution in [0.4, 0.5) is 8.78 Å². The number of ether oxygens (including phenoxy) is 1. The lowest BCUT2D eigenvalue weighted by atomic mass is 10.1. The van der Waals surface area contributed by atoms with Gasteiger partial charge in [-0.15, -0.1) is 11.3 Å². The number of halogens is 2. The van der Waals surface area contributed by atoms with E-state index in [4.69, 9.17) is 4.74 Å². The third kappa shape index (κ3) is 5.16. The number of hydrogen-bond acceptors (Lipinski definition) is 4. The van der Waals surface area contributed by atoms with Crippen LogP contribution in [0.2, 0.25) is 0 Å². The zero-order valence-electron chi connectivity index (χ0n) is 15.8. The summed E-state index contributed by atoms with van der Waals surface area (Å²) in [4.78, 5) is 24.9. The van der Waals surface area contributed by atoms with Crippen molar-refractivity contribution in [3.8, 4) is 0 Å². The van der Waals surface area contributed by atoms with Crippen molar-refractivity contribution in [2.75, 3.05) is 20.2 Å². The summed E-state index contributed by atoms with van der Waals surface area (Å²) < 4.78 is 33.2. The Bertz CT molecular complexity index is 1040. The molecule has 0 fully saturated rings. The first-order chi connectivity index (χ1) is 14.0.